The number of carboxylic acid groups (broad SMARTS) is 1. The smallest absolute Gasteiger partial charge is 0.305 e. The van der Waals surface area contributed by atoms with Crippen molar-refractivity contribution in [1.29, 1.82) is 0 Å². The van der Waals surface area contributed by atoms with Gasteiger partial charge in [0, 0.05) is 12.4 Å². The molecule has 0 unspecified atom stereocenters. The minimum Gasteiger partial charge on any atom is -0.481 e. The van der Waals surface area contributed by atoms with Crippen LogP contribution in [0.15, 0.2) is 48.9 Å². The van der Waals surface area contributed by atoms with E-state index in [1.54, 1.807) is 23.0 Å². The lowest BCUT2D eigenvalue weighted by Gasteiger charge is -2.06. The highest BCUT2D eigenvalue weighted by atomic mass is 19.1. The van der Waals surface area contributed by atoms with Gasteiger partial charge in [-0.25, -0.2) is 4.39 Å². The number of nitrogens with zero attached hydrogens (tertiary/aromatic N) is 4. The fourth-order valence-corrected chi connectivity index (χ4v) is 2.44. The number of anilines is 1. The van der Waals surface area contributed by atoms with E-state index in [9.17, 15) is 14.0 Å². The van der Waals surface area contributed by atoms with Crippen LogP contribution in [0.2, 0.25) is 0 Å². The molecule has 1 aromatic carbocycles. The molecule has 0 aliphatic rings. The Labute approximate surface area is 147 Å². The van der Waals surface area contributed by atoms with Crippen molar-refractivity contribution in [3.8, 4) is 0 Å². The Bertz CT molecular complexity index is 934. The number of benzene rings is 1. The molecule has 2 heterocycles. The molecule has 0 atom stereocenters. The van der Waals surface area contributed by atoms with Crippen molar-refractivity contribution in [1.82, 2.24) is 19.6 Å². The zero-order valence-corrected chi connectivity index (χ0v) is 13.7. The lowest BCUT2D eigenvalue weighted by atomic mass is 10.2. The number of carbonyl (C=O) groups is 2. The highest BCUT2D eigenvalue weighted by Crippen LogP contribution is 2.11. The number of halogens is 1. The molecule has 0 bridgehead atoms. The molecular weight excluding hydrogens is 341 g/mol. The summed E-state index contributed by atoms with van der Waals surface area (Å²) in [6.45, 7) is 0.466. The molecule has 2 aromatic heterocycles. The van der Waals surface area contributed by atoms with E-state index >= 15 is 0 Å². The standard InChI is InChI=1S/C17H16FN5O3/c18-13-3-1-2-12(8-13)10-22-11-14(9-20-22)21-17(26)15-4-6-19-23(15)7-5-16(24)25/h1-4,6,8-9,11H,5,7,10H2,(H,21,26)(H,24,25). The lowest BCUT2D eigenvalue weighted by Crippen LogP contribution is -2.18. The molecule has 9 heteroatoms. The van der Waals surface area contributed by atoms with Gasteiger partial charge in [0.15, 0.2) is 0 Å². The summed E-state index contributed by atoms with van der Waals surface area (Å²) in [5.41, 5.74) is 1.47. The van der Waals surface area contributed by atoms with Crippen molar-refractivity contribution in [3.63, 3.8) is 0 Å². The van der Waals surface area contributed by atoms with Crippen LogP contribution in [-0.2, 0) is 17.9 Å². The molecule has 0 radical (unpaired) electrons. The summed E-state index contributed by atoms with van der Waals surface area (Å²) in [6, 6.07) is 7.69. The third-order valence-electron chi connectivity index (χ3n) is 3.61. The average Bonchev–Trinajstić information content (AvgIpc) is 3.22. The van der Waals surface area contributed by atoms with E-state index in [1.807, 2.05) is 0 Å². The third-order valence-corrected chi connectivity index (χ3v) is 3.61. The van der Waals surface area contributed by atoms with Crippen LogP contribution in [0.5, 0.6) is 0 Å². The highest BCUT2D eigenvalue weighted by Gasteiger charge is 2.14. The number of aryl methyl sites for hydroxylation is 1. The van der Waals surface area contributed by atoms with Gasteiger partial charge in [-0.1, -0.05) is 12.1 Å². The Hall–Kier alpha value is -3.49. The zero-order chi connectivity index (χ0) is 18.5. The van der Waals surface area contributed by atoms with Gasteiger partial charge in [-0.2, -0.15) is 10.2 Å². The second-order valence-electron chi connectivity index (χ2n) is 5.59. The summed E-state index contributed by atoms with van der Waals surface area (Å²) in [7, 11) is 0. The second kappa shape index (κ2) is 7.60. The van der Waals surface area contributed by atoms with Crippen molar-refractivity contribution in [2.75, 3.05) is 5.32 Å². The maximum absolute atomic E-state index is 13.2. The molecule has 134 valence electrons. The van der Waals surface area contributed by atoms with Crippen LogP contribution in [0.4, 0.5) is 10.1 Å². The van der Waals surface area contributed by atoms with Gasteiger partial charge < -0.3 is 10.4 Å². The number of aliphatic carboxylic acids is 1. The predicted molar refractivity (Wildman–Crippen MR) is 90.2 cm³/mol. The maximum Gasteiger partial charge on any atom is 0.305 e. The monoisotopic (exact) mass is 357 g/mol. The average molecular weight is 357 g/mol. The zero-order valence-electron chi connectivity index (χ0n) is 13.7. The number of aromatic nitrogens is 4. The van der Waals surface area contributed by atoms with Gasteiger partial charge in [-0.3, -0.25) is 19.0 Å². The highest BCUT2D eigenvalue weighted by molar-refractivity contribution is 6.02. The molecule has 26 heavy (non-hydrogen) atoms. The van der Waals surface area contributed by atoms with Crippen molar-refractivity contribution >= 4 is 17.6 Å². The van der Waals surface area contributed by atoms with Gasteiger partial charge in [-0.15, -0.1) is 0 Å². The molecule has 0 saturated heterocycles. The van der Waals surface area contributed by atoms with Gasteiger partial charge in [0.2, 0.25) is 0 Å². The molecule has 0 spiro atoms. The minimum atomic E-state index is -0.967. The molecule has 3 rings (SSSR count). The summed E-state index contributed by atoms with van der Waals surface area (Å²) in [6.07, 6.45) is 4.41. The SMILES string of the molecule is O=C(O)CCn1nccc1C(=O)Nc1cnn(Cc2cccc(F)c2)c1. The van der Waals surface area contributed by atoms with Gasteiger partial charge >= 0.3 is 5.97 Å². The summed E-state index contributed by atoms with van der Waals surface area (Å²) in [4.78, 5) is 23.0. The fourth-order valence-electron chi connectivity index (χ4n) is 2.44. The van der Waals surface area contributed by atoms with Crippen LogP contribution in [-0.4, -0.2) is 36.5 Å². The largest absolute Gasteiger partial charge is 0.481 e. The molecule has 0 aliphatic heterocycles. The van der Waals surface area contributed by atoms with Gasteiger partial charge in [-0.05, 0) is 23.8 Å². The van der Waals surface area contributed by atoms with E-state index < -0.39 is 11.9 Å². The van der Waals surface area contributed by atoms with E-state index in [0.717, 1.165) is 5.56 Å². The normalized spacial score (nSPS) is 10.7. The summed E-state index contributed by atoms with van der Waals surface area (Å²) in [5.74, 6) is -1.71. The van der Waals surface area contributed by atoms with Crippen molar-refractivity contribution in [2.24, 2.45) is 0 Å². The number of carbonyl (C=O) groups excluding carboxylic acids is 1. The predicted octanol–water partition coefficient (Wildman–Crippen LogP) is 1.99. The van der Waals surface area contributed by atoms with Gasteiger partial charge in [0.1, 0.15) is 11.5 Å². The Kier molecular flexibility index (Phi) is 5.07. The minimum absolute atomic E-state index is 0.101. The van der Waals surface area contributed by atoms with Crippen LogP contribution in [0.25, 0.3) is 0 Å². The first-order valence-electron chi connectivity index (χ1n) is 7.83. The number of rotatable bonds is 7. The van der Waals surface area contributed by atoms with Crippen LogP contribution >= 0.6 is 0 Å². The van der Waals surface area contributed by atoms with Gasteiger partial charge in [0.25, 0.3) is 5.91 Å². The number of nitrogens with one attached hydrogen (secondary N) is 1. The molecule has 3 aromatic rings. The molecule has 8 nitrogen and oxygen atoms in total. The molecule has 0 fully saturated rings. The van der Waals surface area contributed by atoms with E-state index in [4.69, 9.17) is 5.11 Å². The first-order chi connectivity index (χ1) is 12.5. The second-order valence-corrected chi connectivity index (χ2v) is 5.59. The van der Waals surface area contributed by atoms with E-state index in [2.05, 4.69) is 15.5 Å². The van der Waals surface area contributed by atoms with Crippen molar-refractivity contribution in [3.05, 3.63) is 66.0 Å². The van der Waals surface area contributed by atoms with Crippen molar-refractivity contribution in [2.45, 2.75) is 19.5 Å². The summed E-state index contributed by atoms with van der Waals surface area (Å²) in [5, 5.41) is 19.5. The molecule has 0 aliphatic carbocycles. The lowest BCUT2D eigenvalue weighted by molar-refractivity contribution is -0.137. The van der Waals surface area contributed by atoms with Crippen LogP contribution in [0, 0.1) is 5.82 Å². The Morgan fingerprint density at radius 3 is 2.85 bits per heavy atom. The van der Waals surface area contributed by atoms with Crippen LogP contribution in [0.3, 0.4) is 0 Å². The number of carboxylic acids is 1. The number of amides is 1. The van der Waals surface area contributed by atoms with Crippen LogP contribution < -0.4 is 5.32 Å². The number of hydrogen-bond acceptors (Lipinski definition) is 4. The first-order valence-corrected chi connectivity index (χ1v) is 7.83. The number of hydrogen-bond donors (Lipinski definition) is 2. The summed E-state index contributed by atoms with van der Waals surface area (Å²) < 4.78 is 16.1. The quantitative estimate of drug-likeness (QED) is 0.673. The summed E-state index contributed by atoms with van der Waals surface area (Å²) >= 11 is 0. The first kappa shape index (κ1) is 17.3. The Balaban J connectivity index is 1.65. The molecule has 1 amide bonds. The fraction of sp³-hybridized carbons (Fsp3) is 0.176. The topological polar surface area (TPSA) is 102 Å². The van der Waals surface area contributed by atoms with E-state index in [0.29, 0.717) is 12.2 Å². The van der Waals surface area contributed by atoms with Crippen molar-refractivity contribution < 1.29 is 19.1 Å². The van der Waals surface area contributed by atoms with Crippen LogP contribution in [0.1, 0.15) is 22.5 Å². The Morgan fingerprint density at radius 1 is 1.23 bits per heavy atom. The molecular formula is C17H16FN5O3. The van der Waals surface area contributed by atoms with Gasteiger partial charge in [0.05, 0.1) is 31.4 Å². The molecule has 2 N–H and O–H groups in total. The molecule has 0 saturated carbocycles. The maximum atomic E-state index is 13.2. The third kappa shape index (κ3) is 4.32. The Morgan fingerprint density at radius 2 is 2.08 bits per heavy atom. The van der Waals surface area contributed by atoms with E-state index in [1.165, 1.54) is 35.3 Å². The van der Waals surface area contributed by atoms with E-state index in [-0.39, 0.29) is 24.5 Å².